The molecule has 0 radical (unpaired) electrons. The summed E-state index contributed by atoms with van der Waals surface area (Å²) in [4.78, 5) is 9.88. The number of nitrogens with zero attached hydrogens (tertiary/aromatic N) is 3. The maximum atomic E-state index is 6.72. The Balaban J connectivity index is 1.16. The number of aliphatic imine (C=N–C) groups is 1. The molecule has 1 aromatic heterocycles. The number of hydrogen-bond donors (Lipinski definition) is 1. The van der Waals surface area contributed by atoms with Crippen molar-refractivity contribution in [2.24, 2.45) is 22.6 Å². The number of para-hydroxylation sites is 1. The first-order chi connectivity index (χ1) is 20.2. The van der Waals surface area contributed by atoms with Gasteiger partial charge in [-0.15, -0.1) is 0 Å². The fraction of sp³-hybridized carbons (Fsp3) is 0.514. The number of nitrogens with two attached hydrogens (primary N) is 1. The molecule has 1 atom stereocenters. The number of guanidine groups is 1. The van der Waals surface area contributed by atoms with E-state index in [4.69, 9.17) is 19.9 Å². The Morgan fingerprint density at radius 3 is 2.46 bits per heavy atom. The molecule has 2 aliphatic carbocycles. The highest BCUT2D eigenvalue weighted by Crippen LogP contribution is 2.37. The fourth-order valence-corrected chi connectivity index (χ4v) is 7.33. The Labute approximate surface area is 245 Å². The van der Waals surface area contributed by atoms with Crippen LogP contribution in [0.3, 0.4) is 0 Å². The molecule has 3 aromatic rings. The maximum Gasteiger partial charge on any atom is 0.197 e. The minimum Gasteiger partial charge on any atom is -0.470 e. The molecule has 0 bridgehead atoms. The molecule has 0 spiro atoms. The van der Waals surface area contributed by atoms with Crippen LogP contribution in [0, 0.1) is 11.8 Å². The van der Waals surface area contributed by atoms with Gasteiger partial charge in [0, 0.05) is 31.2 Å². The molecule has 0 unspecified atom stereocenters. The van der Waals surface area contributed by atoms with E-state index in [9.17, 15) is 0 Å². The third-order valence-electron chi connectivity index (χ3n) is 9.50. The smallest absolute Gasteiger partial charge is 0.197 e. The quantitative estimate of drug-likeness (QED) is 0.257. The molecule has 218 valence electrons. The Morgan fingerprint density at radius 1 is 0.927 bits per heavy atom. The number of rotatable bonds is 11. The summed E-state index contributed by atoms with van der Waals surface area (Å²) in [5.74, 6) is 3.81. The van der Waals surface area contributed by atoms with E-state index in [0.29, 0.717) is 17.9 Å². The highest BCUT2D eigenvalue weighted by molar-refractivity contribution is 5.84. The first-order valence-electron chi connectivity index (χ1n) is 16.0. The fourth-order valence-electron chi connectivity index (χ4n) is 7.33. The summed E-state index contributed by atoms with van der Waals surface area (Å²) in [6.07, 6.45) is 19.4. The minimum absolute atomic E-state index is 0.395. The number of hydrogen-bond acceptors (Lipinski definition) is 6. The zero-order chi connectivity index (χ0) is 27.9. The third kappa shape index (κ3) is 7.09. The van der Waals surface area contributed by atoms with Gasteiger partial charge in [-0.05, 0) is 86.8 Å². The summed E-state index contributed by atoms with van der Waals surface area (Å²) >= 11 is 0. The molecule has 0 amide bonds. The zero-order valence-electron chi connectivity index (χ0n) is 24.4. The van der Waals surface area contributed by atoms with E-state index < -0.39 is 0 Å². The van der Waals surface area contributed by atoms with Crippen LogP contribution in [0.2, 0.25) is 0 Å². The van der Waals surface area contributed by atoms with E-state index in [1.807, 2.05) is 55.0 Å². The Hall–Kier alpha value is -3.41. The molecular weight excluding hydrogens is 508 g/mol. The zero-order valence-corrected chi connectivity index (χ0v) is 24.4. The van der Waals surface area contributed by atoms with Crippen molar-refractivity contribution in [1.29, 1.82) is 0 Å². The van der Waals surface area contributed by atoms with Crippen LogP contribution in [0.15, 0.2) is 76.5 Å². The molecule has 2 fully saturated rings. The van der Waals surface area contributed by atoms with E-state index in [0.717, 1.165) is 55.6 Å². The lowest BCUT2D eigenvalue weighted by molar-refractivity contribution is 0.163. The standard InChI is InChI=1S/C35H46N4O2/c36-35-37-33-19-18-32(41-31-15-8-3-9-16-31)23-29(33)25-39(35)34(28-13-6-2-7-14-28)17-10-21-38(30-20-22-40-26-30)24-27-11-4-1-5-12-27/h3,8-9,15-16,18-20,22-23,26-28,34H,1-2,4-7,10-14,17,21,24-25H2,(H2,36,37)/t34-/m0/s1. The van der Waals surface area contributed by atoms with Crippen molar-refractivity contribution in [2.75, 3.05) is 18.0 Å². The number of anilines is 1. The van der Waals surface area contributed by atoms with Gasteiger partial charge in [0.25, 0.3) is 0 Å². The van der Waals surface area contributed by atoms with E-state index in [-0.39, 0.29) is 0 Å². The average Bonchev–Trinajstić information content (AvgIpc) is 3.56. The molecular formula is C35H46N4O2. The van der Waals surface area contributed by atoms with Gasteiger partial charge in [-0.3, -0.25) is 0 Å². The highest BCUT2D eigenvalue weighted by Gasteiger charge is 2.32. The first-order valence-corrected chi connectivity index (χ1v) is 16.0. The summed E-state index contributed by atoms with van der Waals surface area (Å²) in [6, 6.07) is 18.7. The highest BCUT2D eigenvalue weighted by atomic mass is 16.5. The van der Waals surface area contributed by atoms with Crippen LogP contribution < -0.4 is 15.4 Å². The van der Waals surface area contributed by atoms with Crippen molar-refractivity contribution in [3.63, 3.8) is 0 Å². The minimum atomic E-state index is 0.395. The van der Waals surface area contributed by atoms with Crippen LogP contribution >= 0.6 is 0 Å². The lowest BCUT2D eigenvalue weighted by atomic mass is 9.81. The second-order valence-corrected chi connectivity index (χ2v) is 12.3. The summed E-state index contributed by atoms with van der Waals surface area (Å²) in [7, 11) is 0. The SMILES string of the molecule is NC1=Nc2ccc(Oc3ccccc3)cc2CN1[C@@H](CCCN(CC1CCCCC1)c1ccoc1)C1CCCCC1. The molecule has 41 heavy (non-hydrogen) atoms. The molecule has 2 N–H and O–H groups in total. The van der Waals surface area contributed by atoms with Gasteiger partial charge in [0.05, 0.1) is 17.6 Å². The van der Waals surface area contributed by atoms with E-state index in [1.165, 1.54) is 75.5 Å². The van der Waals surface area contributed by atoms with Gasteiger partial charge in [-0.2, -0.15) is 0 Å². The number of fused-ring (bicyclic) bond motifs is 1. The lowest BCUT2D eigenvalue weighted by Gasteiger charge is -2.41. The van der Waals surface area contributed by atoms with Crippen molar-refractivity contribution in [3.8, 4) is 11.5 Å². The van der Waals surface area contributed by atoms with Crippen molar-refractivity contribution < 1.29 is 9.15 Å². The molecule has 3 aliphatic rings. The molecule has 2 heterocycles. The van der Waals surface area contributed by atoms with Crippen molar-refractivity contribution in [2.45, 2.75) is 89.6 Å². The Kier molecular flexibility index (Phi) is 9.14. The summed E-state index contributed by atoms with van der Waals surface area (Å²) in [5.41, 5.74) is 10.1. The maximum absolute atomic E-state index is 6.72. The van der Waals surface area contributed by atoms with Crippen molar-refractivity contribution in [1.82, 2.24) is 4.90 Å². The molecule has 1 aliphatic heterocycles. The van der Waals surface area contributed by atoms with Gasteiger partial charge in [-0.25, -0.2) is 4.99 Å². The molecule has 6 rings (SSSR count). The van der Waals surface area contributed by atoms with Crippen LogP contribution in [-0.4, -0.2) is 30.0 Å². The lowest BCUT2D eigenvalue weighted by Crippen LogP contribution is -2.49. The van der Waals surface area contributed by atoms with Gasteiger partial charge in [-0.1, -0.05) is 56.7 Å². The topological polar surface area (TPSA) is 67.2 Å². The van der Waals surface area contributed by atoms with Crippen LogP contribution in [0.1, 0.15) is 82.6 Å². The predicted octanol–water partition coefficient (Wildman–Crippen LogP) is 8.65. The Bertz CT molecular complexity index is 1250. The third-order valence-corrected chi connectivity index (χ3v) is 9.50. The van der Waals surface area contributed by atoms with Gasteiger partial charge in [0.15, 0.2) is 5.96 Å². The molecule has 2 aromatic carbocycles. The second kappa shape index (κ2) is 13.5. The monoisotopic (exact) mass is 554 g/mol. The van der Waals surface area contributed by atoms with Crippen LogP contribution in [0.4, 0.5) is 11.4 Å². The van der Waals surface area contributed by atoms with Crippen LogP contribution in [0.25, 0.3) is 0 Å². The van der Waals surface area contributed by atoms with Crippen molar-refractivity contribution in [3.05, 3.63) is 72.7 Å². The molecule has 0 saturated heterocycles. The molecule has 6 nitrogen and oxygen atoms in total. The summed E-state index contributed by atoms with van der Waals surface area (Å²) in [5, 5.41) is 0. The van der Waals surface area contributed by atoms with Gasteiger partial charge in [0.2, 0.25) is 0 Å². The van der Waals surface area contributed by atoms with Gasteiger partial charge >= 0.3 is 0 Å². The van der Waals surface area contributed by atoms with E-state index in [2.05, 4.69) is 21.9 Å². The Morgan fingerprint density at radius 2 is 1.71 bits per heavy atom. The molecule has 2 saturated carbocycles. The van der Waals surface area contributed by atoms with E-state index >= 15 is 0 Å². The van der Waals surface area contributed by atoms with Crippen LogP contribution in [0.5, 0.6) is 11.5 Å². The van der Waals surface area contributed by atoms with Gasteiger partial charge in [0.1, 0.15) is 17.8 Å². The number of ether oxygens (including phenoxy) is 1. The number of benzene rings is 2. The summed E-state index contributed by atoms with van der Waals surface area (Å²) < 4.78 is 11.7. The molecule has 6 heteroatoms. The predicted molar refractivity (Wildman–Crippen MR) is 167 cm³/mol. The van der Waals surface area contributed by atoms with Crippen LogP contribution in [-0.2, 0) is 6.54 Å². The van der Waals surface area contributed by atoms with E-state index in [1.54, 1.807) is 0 Å². The average molecular weight is 555 g/mol. The second-order valence-electron chi connectivity index (χ2n) is 12.3. The first kappa shape index (κ1) is 27.7. The largest absolute Gasteiger partial charge is 0.470 e. The van der Waals surface area contributed by atoms with Gasteiger partial charge < -0.3 is 24.7 Å². The number of furan rings is 1. The van der Waals surface area contributed by atoms with Crippen molar-refractivity contribution >= 4 is 17.3 Å². The summed E-state index contributed by atoms with van der Waals surface area (Å²) in [6.45, 7) is 2.97. The normalized spacial score (nSPS) is 18.9.